The van der Waals surface area contributed by atoms with Crippen LogP contribution in [-0.2, 0) is 10.0 Å². The standard InChI is InChI=1S/C14H21BrN2O3S/c1-10-8-12(15)13(16)9-14(10)21(19,20)17-6-2-4-11(17)5-3-7-18/h8-9,11,18H,2-7,16H2,1H3. The predicted molar refractivity (Wildman–Crippen MR) is 86.5 cm³/mol. The fraction of sp³-hybridized carbons (Fsp3) is 0.571. The number of rotatable bonds is 5. The van der Waals surface area contributed by atoms with Crippen molar-refractivity contribution in [3.63, 3.8) is 0 Å². The zero-order valence-electron chi connectivity index (χ0n) is 12.0. The summed E-state index contributed by atoms with van der Waals surface area (Å²) in [4.78, 5) is 0.277. The highest BCUT2D eigenvalue weighted by Gasteiger charge is 2.35. The number of halogens is 1. The average molecular weight is 377 g/mol. The number of nitrogens with zero attached hydrogens (tertiary/aromatic N) is 1. The molecule has 1 aromatic carbocycles. The highest BCUT2D eigenvalue weighted by Crippen LogP contribution is 2.33. The van der Waals surface area contributed by atoms with E-state index in [-0.39, 0.29) is 17.5 Å². The van der Waals surface area contributed by atoms with Crippen molar-refractivity contribution in [2.24, 2.45) is 0 Å². The number of sulfonamides is 1. The smallest absolute Gasteiger partial charge is 0.243 e. The largest absolute Gasteiger partial charge is 0.398 e. The Balaban J connectivity index is 2.35. The van der Waals surface area contributed by atoms with E-state index in [4.69, 9.17) is 10.8 Å². The minimum atomic E-state index is -3.54. The van der Waals surface area contributed by atoms with E-state index in [2.05, 4.69) is 15.9 Å². The lowest BCUT2D eigenvalue weighted by molar-refractivity contribution is 0.264. The number of aliphatic hydroxyl groups is 1. The number of nitrogens with two attached hydrogens (primary N) is 1. The van der Waals surface area contributed by atoms with Crippen LogP contribution in [0.5, 0.6) is 0 Å². The minimum absolute atomic E-state index is 0.0218. The summed E-state index contributed by atoms with van der Waals surface area (Å²) in [5.74, 6) is 0. The molecule has 1 atom stereocenters. The first kappa shape index (κ1) is 16.7. The van der Waals surface area contributed by atoms with Crippen molar-refractivity contribution in [1.29, 1.82) is 0 Å². The van der Waals surface area contributed by atoms with Gasteiger partial charge < -0.3 is 10.8 Å². The van der Waals surface area contributed by atoms with E-state index in [1.165, 1.54) is 6.07 Å². The lowest BCUT2D eigenvalue weighted by Gasteiger charge is -2.25. The maximum atomic E-state index is 12.9. The van der Waals surface area contributed by atoms with Crippen LogP contribution in [0.4, 0.5) is 5.69 Å². The molecule has 2 rings (SSSR count). The van der Waals surface area contributed by atoms with Gasteiger partial charge in [-0.25, -0.2) is 8.42 Å². The SMILES string of the molecule is Cc1cc(Br)c(N)cc1S(=O)(=O)N1CCCC1CCCO. The Hall–Kier alpha value is -0.630. The van der Waals surface area contributed by atoms with Crippen molar-refractivity contribution < 1.29 is 13.5 Å². The van der Waals surface area contributed by atoms with Crippen LogP contribution < -0.4 is 5.73 Å². The Morgan fingerprint density at radius 3 is 2.86 bits per heavy atom. The first-order valence-corrected chi connectivity index (χ1v) is 9.29. The number of anilines is 1. The molecular weight excluding hydrogens is 356 g/mol. The predicted octanol–water partition coefficient (Wildman–Crippen LogP) is 2.27. The van der Waals surface area contributed by atoms with Crippen LogP contribution in [-0.4, -0.2) is 37.0 Å². The van der Waals surface area contributed by atoms with Crippen LogP contribution >= 0.6 is 15.9 Å². The second-order valence-electron chi connectivity index (χ2n) is 5.42. The second kappa shape index (κ2) is 6.64. The molecule has 1 aromatic rings. The topological polar surface area (TPSA) is 83.6 Å². The third kappa shape index (κ3) is 3.41. The van der Waals surface area contributed by atoms with Gasteiger partial charge >= 0.3 is 0 Å². The summed E-state index contributed by atoms with van der Waals surface area (Å²) in [6.45, 7) is 2.40. The summed E-state index contributed by atoms with van der Waals surface area (Å²) in [5, 5.41) is 8.95. The highest BCUT2D eigenvalue weighted by molar-refractivity contribution is 9.10. The first-order valence-electron chi connectivity index (χ1n) is 7.06. The number of hydrogen-bond acceptors (Lipinski definition) is 4. The van der Waals surface area contributed by atoms with E-state index >= 15 is 0 Å². The fourth-order valence-electron chi connectivity index (χ4n) is 2.81. The van der Waals surface area contributed by atoms with Gasteiger partial charge in [-0.05, 0) is 66.2 Å². The molecule has 0 aromatic heterocycles. The molecule has 1 unspecified atom stereocenters. The van der Waals surface area contributed by atoms with Gasteiger partial charge in [0.25, 0.3) is 0 Å². The zero-order chi connectivity index (χ0) is 15.6. The molecule has 0 saturated carbocycles. The van der Waals surface area contributed by atoms with Crippen molar-refractivity contribution in [2.75, 3.05) is 18.9 Å². The molecule has 0 spiro atoms. The average Bonchev–Trinajstić information content (AvgIpc) is 2.89. The van der Waals surface area contributed by atoms with E-state index in [0.29, 0.717) is 35.1 Å². The van der Waals surface area contributed by atoms with Crippen molar-refractivity contribution >= 4 is 31.6 Å². The molecule has 0 bridgehead atoms. The molecular formula is C14H21BrN2O3S. The van der Waals surface area contributed by atoms with Crippen LogP contribution in [0.15, 0.2) is 21.5 Å². The van der Waals surface area contributed by atoms with Gasteiger partial charge in [0.05, 0.1) is 4.90 Å². The molecule has 1 saturated heterocycles. The molecule has 0 aliphatic carbocycles. The Morgan fingerprint density at radius 1 is 1.48 bits per heavy atom. The van der Waals surface area contributed by atoms with E-state index in [1.807, 2.05) is 0 Å². The van der Waals surface area contributed by atoms with Crippen LogP contribution in [0, 0.1) is 6.92 Å². The molecule has 0 radical (unpaired) electrons. The van der Waals surface area contributed by atoms with Crippen molar-refractivity contribution in [1.82, 2.24) is 4.31 Å². The first-order chi connectivity index (χ1) is 9.87. The molecule has 1 aliphatic heterocycles. The molecule has 5 nitrogen and oxygen atoms in total. The second-order valence-corrected chi connectivity index (χ2v) is 8.13. The molecule has 118 valence electrons. The van der Waals surface area contributed by atoms with E-state index < -0.39 is 10.0 Å². The summed E-state index contributed by atoms with van der Waals surface area (Å²) >= 11 is 3.32. The van der Waals surface area contributed by atoms with Crippen LogP contribution in [0.3, 0.4) is 0 Å². The number of aliphatic hydroxyl groups excluding tert-OH is 1. The molecule has 1 heterocycles. The number of aryl methyl sites for hydroxylation is 1. The van der Waals surface area contributed by atoms with E-state index in [1.54, 1.807) is 17.3 Å². The fourth-order valence-corrected chi connectivity index (χ4v) is 5.24. The third-order valence-corrected chi connectivity index (χ3v) is 6.68. The maximum Gasteiger partial charge on any atom is 0.243 e. The third-order valence-electron chi connectivity index (χ3n) is 3.90. The summed E-state index contributed by atoms with van der Waals surface area (Å²) in [5.41, 5.74) is 6.94. The molecule has 1 fully saturated rings. The van der Waals surface area contributed by atoms with Gasteiger partial charge in [0.15, 0.2) is 0 Å². The molecule has 3 N–H and O–H groups in total. The van der Waals surface area contributed by atoms with Crippen molar-refractivity contribution in [3.05, 3.63) is 22.2 Å². The van der Waals surface area contributed by atoms with Gasteiger partial charge in [0.1, 0.15) is 0 Å². The summed E-state index contributed by atoms with van der Waals surface area (Å²) < 4.78 is 28.0. The van der Waals surface area contributed by atoms with Gasteiger partial charge in [-0.15, -0.1) is 0 Å². The monoisotopic (exact) mass is 376 g/mol. The molecule has 7 heteroatoms. The van der Waals surface area contributed by atoms with Crippen molar-refractivity contribution in [2.45, 2.75) is 43.5 Å². The lowest BCUT2D eigenvalue weighted by Crippen LogP contribution is -2.36. The normalized spacial score (nSPS) is 20.0. The van der Waals surface area contributed by atoms with Crippen LogP contribution in [0.25, 0.3) is 0 Å². The zero-order valence-corrected chi connectivity index (χ0v) is 14.5. The van der Waals surface area contributed by atoms with Gasteiger partial charge in [0.2, 0.25) is 10.0 Å². The number of benzene rings is 1. The van der Waals surface area contributed by atoms with Gasteiger partial charge in [0, 0.05) is 29.4 Å². The molecule has 21 heavy (non-hydrogen) atoms. The lowest BCUT2D eigenvalue weighted by atomic mass is 10.1. The van der Waals surface area contributed by atoms with Crippen LogP contribution in [0.1, 0.15) is 31.2 Å². The van der Waals surface area contributed by atoms with E-state index in [9.17, 15) is 8.42 Å². The molecule has 0 amide bonds. The Labute approximate surface area is 134 Å². The van der Waals surface area contributed by atoms with Crippen molar-refractivity contribution in [3.8, 4) is 0 Å². The van der Waals surface area contributed by atoms with Gasteiger partial charge in [-0.2, -0.15) is 4.31 Å². The molecule has 1 aliphatic rings. The quantitative estimate of drug-likeness (QED) is 0.771. The maximum absolute atomic E-state index is 12.9. The Morgan fingerprint density at radius 2 is 2.19 bits per heavy atom. The van der Waals surface area contributed by atoms with Gasteiger partial charge in [-0.1, -0.05) is 0 Å². The summed E-state index contributed by atoms with van der Waals surface area (Å²) in [6, 6.07) is 3.24. The van der Waals surface area contributed by atoms with Gasteiger partial charge in [-0.3, -0.25) is 0 Å². The number of hydrogen-bond donors (Lipinski definition) is 2. The highest BCUT2D eigenvalue weighted by atomic mass is 79.9. The number of nitrogen functional groups attached to an aromatic ring is 1. The Kier molecular flexibility index (Phi) is 5.29. The van der Waals surface area contributed by atoms with E-state index in [0.717, 1.165) is 12.8 Å². The Bertz CT molecular complexity index is 619. The summed E-state index contributed by atoms with van der Waals surface area (Å²) in [6.07, 6.45) is 3.03. The summed E-state index contributed by atoms with van der Waals surface area (Å²) in [7, 11) is -3.54. The van der Waals surface area contributed by atoms with Crippen LogP contribution in [0.2, 0.25) is 0 Å². The minimum Gasteiger partial charge on any atom is -0.398 e.